The van der Waals surface area contributed by atoms with Crippen molar-refractivity contribution in [3.63, 3.8) is 0 Å². The van der Waals surface area contributed by atoms with E-state index in [1.165, 1.54) is 24.3 Å². The summed E-state index contributed by atoms with van der Waals surface area (Å²) in [5, 5.41) is 0.715. The number of nitrogen functional groups attached to an aromatic ring is 1. The lowest BCUT2D eigenvalue weighted by molar-refractivity contribution is 0.249. The average molecular weight is 499 g/mol. The number of imidazole rings is 1. The van der Waals surface area contributed by atoms with Crippen molar-refractivity contribution in [3.8, 4) is 18.1 Å². The number of rotatable bonds is 6. The minimum Gasteiger partial charge on any atom is -0.493 e. The van der Waals surface area contributed by atoms with Crippen LogP contribution in [0.1, 0.15) is 30.4 Å². The Bertz CT molecular complexity index is 1400. The van der Waals surface area contributed by atoms with Gasteiger partial charge in [-0.15, -0.1) is 6.42 Å². The lowest BCUT2D eigenvalue weighted by atomic mass is 9.96. The molecule has 1 fully saturated rings. The Balaban J connectivity index is 1.46. The van der Waals surface area contributed by atoms with Gasteiger partial charge in [-0.25, -0.2) is 27.7 Å². The molecule has 2 N–H and O–H groups in total. The van der Waals surface area contributed by atoms with E-state index in [1.54, 1.807) is 4.31 Å². The summed E-state index contributed by atoms with van der Waals surface area (Å²) >= 11 is 1.46. The molecule has 178 valence electrons. The largest absolute Gasteiger partial charge is 0.493 e. The number of terminal acetylenes is 1. The third kappa shape index (κ3) is 4.45. The maximum atomic E-state index is 12.0. The topological polar surface area (TPSA) is 116 Å². The fourth-order valence-corrected chi connectivity index (χ4v) is 6.55. The van der Waals surface area contributed by atoms with E-state index in [0.717, 1.165) is 47.5 Å². The molecule has 3 aromatic rings. The maximum absolute atomic E-state index is 12.0. The van der Waals surface area contributed by atoms with Gasteiger partial charge in [-0.3, -0.25) is 0 Å². The van der Waals surface area contributed by atoms with Gasteiger partial charge in [-0.2, -0.15) is 0 Å². The van der Waals surface area contributed by atoms with E-state index in [1.807, 2.05) is 16.7 Å². The molecule has 4 heterocycles. The molecule has 9 nitrogen and oxygen atoms in total. The van der Waals surface area contributed by atoms with E-state index in [0.29, 0.717) is 48.4 Å². The quantitative estimate of drug-likeness (QED) is 0.516. The van der Waals surface area contributed by atoms with E-state index < -0.39 is 10.0 Å². The SMILES string of the molecule is C#Cc1cc2c(cc1Sc1nc3c(N)ncnc3n1CCC1CCCN(S(C)(=O)=O)C1)OCC2. The van der Waals surface area contributed by atoms with E-state index in [9.17, 15) is 8.42 Å². The second kappa shape index (κ2) is 9.09. The smallest absolute Gasteiger partial charge is 0.211 e. The number of aryl methyl sites for hydroxylation is 1. The van der Waals surface area contributed by atoms with Crippen LogP contribution in [0.5, 0.6) is 5.75 Å². The van der Waals surface area contributed by atoms with Crippen molar-refractivity contribution < 1.29 is 13.2 Å². The van der Waals surface area contributed by atoms with Gasteiger partial charge in [-0.05, 0) is 42.9 Å². The van der Waals surface area contributed by atoms with Crippen molar-refractivity contribution in [1.29, 1.82) is 0 Å². The molecular weight excluding hydrogens is 472 g/mol. The van der Waals surface area contributed by atoms with Gasteiger partial charge in [0, 0.05) is 36.5 Å². The third-order valence-corrected chi connectivity index (χ3v) is 8.71. The van der Waals surface area contributed by atoms with Gasteiger partial charge in [0.2, 0.25) is 10.0 Å². The fraction of sp³-hybridized carbons (Fsp3) is 0.435. The number of ether oxygens (including phenoxy) is 1. The molecule has 1 aromatic carbocycles. The number of sulfonamides is 1. The van der Waals surface area contributed by atoms with Crippen LogP contribution in [-0.2, 0) is 23.0 Å². The van der Waals surface area contributed by atoms with Gasteiger partial charge < -0.3 is 15.0 Å². The van der Waals surface area contributed by atoms with Crippen LogP contribution in [-0.4, -0.2) is 58.2 Å². The predicted molar refractivity (Wildman–Crippen MR) is 131 cm³/mol. The lowest BCUT2D eigenvalue weighted by Crippen LogP contribution is -2.39. The van der Waals surface area contributed by atoms with E-state index in [4.69, 9.17) is 21.9 Å². The fourth-order valence-electron chi connectivity index (χ4n) is 4.59. The minimum absolute atomic E-state index is 0.257. The Morgan fingerprint density at radius 1 is 1.35 bits per heavy atom. The average Bonchev–Trinajstić information content (AvgIpc) is 3.41. The van der Waals surface area contributed by atoms with Crippen LogP contribution in [0.2, 0.25) is 0 Å². The first-order valence-electron chi connectivity index (χ1n) is 11.2. The maximum Gasteiger partial charge on any atom is 0.211 e. The number of hydrogen-bond donors (Lipinski definition) is 1. The first-order chi connectivity index (χ1) is 16.3. The molecular formula is C23H26N6O3S2. The molecule has 2 aliphatic heterocycles. The van der Waals surface area contributed by atoms with Gasteiger partial charge in [0.1, 0.15) is 12.1 Å². The molecule has 0 spiro atoms. The van der Waals surface area contributed by atoms with E-state index >= 15 is 0 Å². The van der Waals surface area contributed by atoms with Crippen molar-refractivity contribution in [1.82, 2.24) is 23.8 Å². The van der Waals surface area contributed by atoms with Gasteiger partial charge in [0.15, 0.2) is 22.1 Å². The summed E-state index contributed by atoms with van der Waals surface area (Å²) in [6, 6.07) is 3.99. The van der Waals surface area contributed by atoms with Crippen LogP contribution in [0.3, 0.4) is 0 Å². The zero-order valence-corrected chi connectivity index (χ0v) is 20.5. The predicted octanol–water partition coefficient (Wildman–Crippen LogP) is 2.54. The van der Waals surface area contributed by atoms with Crippen molar-refractivity contribution >= 4 is 38.8 Å². The molecule has 0 radical (unpaired) electrons. The first-order valence-corrected chi connectivity index (χ1v) is 13.9. The molecule has 0 bridgehead atoms. The molecule has 11 heteroatoms. The molecule has 2 aliphatic rings. The highest BCUT2D eigenvalue weighted by Gasteiger charge is 2.27. The molecule has 34 heavy (non-hydrogen) atoms. The highest BCUT2D eigenvalue weighted by molar-refractivity contribution is 7.99. The Morgan fingerprint density at radius 2 is 2.21 bits per heavy atom. The Labute approximate surface area is 203 Å². The number of aromatic nitrogens is 4. The Morgan fingerprint density at radius 3 is 3.00 bits per heavy atom. The van der Waals surface area contributed by atoms with Crippen LogP contribution in [0.15, 0.2) is 28.5 Å². The van der Waals surface area contributed by atoms with Crippen LogP contribution in [0, 0.1) is 18.3 Å². The number of benzene rings is 1. The number of anilines is 1. The Kier molecular flexibility index (Phi) is 6.14. The van der Waals surface area contributed by atoms with E-state index in [-0.39, 0.29) is 5.92 Å². The summed E-state index contributed by atoms with van der Waals surface area (Å²) in [6.45, 7) is 2.41. The standard InChI is InChI=1S/C23H26N6O3S2/c1-3-16-11-17-7-10-32-18(17)12-19(16)33-23-27-20-21(24)25-14-26-22(20)29(23)9-6-15-5-4-8-28(13-15)34(2,30)31/h1,11-12,14-15H,4-10,13H2,2H3,(H2,24,25,26). The highest BCUT2D eigenvalue weighted by atomic mass is 32.2. The summed E-state index contributed by atoms with van der Waals surface area (Å²) in [5.41, 5.74) is 9.22. The molecule has 1 saturated heterocycles. The second-order valence-corrected chi connectivity index (χ2v) is 11.7. The summed E-state index contributed by atoms with van der Waals surface area (Å²) in [6.07, 6.45) is 12.0. The molecule has 5 rings (SSSR count). The number of nitrogens with zero attached hydrogens (tertiary/aromatic N) is 5. The number of nitrogens with two attached hydrogens (primary N) is 1. The normalized spacial score (nSPS) is 18.5. The van der Waals surface area contributed by atoms with Crippen LogP contribution < -0.4 is 10.5 Å². The molecule has 1 unspecified atom stereocenters. The second-order valence-electron chi connectivity index (χ2n) is 8.70. The van der Waals surface area contributed by atoms with E-state index in [2.05, 4.69) is 15.9 Å². The highest BCUT2D eigenvalue weighted by Crippen LogP contribution is 2.38. The number of hydrogen-bond acceptors (Lipinski definition) is 8. The van der Waals surface area contributed by atoms with Gasteiger partial charge in [-0.1, -0.05) is 17.7 Å². The van der Waals surface area contributed by atoms with Gasteiger partial charge >= 0.3 is 0 Å². The van der Waals surface area contributed by atoms with Crippen molar-refractivity contribution in [2.24, 2.45) is 5.92 Å². The summed E-state index contributed by atoms with van der Waals surface area (Å²) < 4.78 is 33.4. The summed E-state index contributed by atoms with van der Waals surface area (Å²) in [7, 11) is -3.19. The Hall–Kier alpha value is -2.81. The van der Waals surface area contributed by atoms with Crippen LogP contribution in [0.25, 0.3) is 11.2 Å². The molecule has 0 amide bonds. The van der Waals surface area contributed by atoms with Crippen molar-refractivity contribution in [2.75, 3.05) is 31.7 Å². The number of fused-ring (bicyclic) bond motifs is 2. The minimum atomic E-state index is -3.19. The molecule has 0 saturated carbocycles. The molecule has 0 aliphatic carbocycles. The summed E-state index contributed by atoms with van der Waals surface area (Å²) in [5.74, 6) is 4.22. The van der Waals surface area contributed by atoms with Gasteiger partial charge in [0.05, 0.1) is 12.9 Å². The molecule has 2 aromatic heterocycles. The van der Waals surface area contributed by atoms with Crippen LogP contribution >= 0.6 is 11.8 Å². The van der Waals surface area contributed by atoms with Crippen molar-refractivity contribution in [2.45, 2.75) is 42.3 Å². The monoisotopic (exact) mass is 498 g/mol. The zero-order chi connectivity index (χ0) is 23.9. The van der Waals surface area contributed by atoms with Crippen LogP contribution in [0.4, 0.5) is 5.82 Å². The summed E-state index contributed by atoms with van der Waals surface area (Å²) in [4.78, 5) is 14.2. The first kappa shape index (κ1) is 23.0. The lowest BCUT2D eigenvalue weighted by Gasteiger charge is -2.31. The van der Waals surface area contributed by atoms with Gasteiger partial charge in [0.25, 0.3) is 0 Å². The van der Waals surface area contributed by atoms with Crippen molar-refractivity contribution in [3.05, 3.63) is 29.6 Å². The zero-order valence-electron chi connectivity index (χ0n) is 18.9. The number of piperidine rings is 1. The molecule has 1 atom stereocenters. The third-order valence-electron chi connectivity index (χ3n) is 6.39.